The fraction of sp³-hybridized carbons (Fsp3) is 0.889. The summed E-state index contributed by atoms with van der Waals surface area (Å²) in [5.41, 5.74) is 1.25. The van der Waals surface area contributed by atoms with E-state index in [1.807, 2.05) is 6.08 Å². The van der Waals surface area contributed by atoms with Gasteiger partial charge in [-0.2, -0.15) is 0 Å². The molecule has 164 valence electrons. The Morgan fingerprint density at radius 3 is 2.76 bits per heavy atom. The van der Waals surface area contributed by atoms with E-state index >= 15 is 0 Å². The summed E-state index contributed by atoms with van der Waals surface area (Å²) in [7, 11) is 0. The average Bonchev–Trinajstić information content (AvgIpc) is 3.10. The molecule has 4 aliphatic rings. The van der Waals surface area contributed by atoms with Crippen LogP contribution in [0.5, 0.6) is 0 Å². The third kappa shape index (κ3) is 3.56. The Bertz CT molecular complexity index is 880. The van der Waals surface area contributed by atoms with Crippen molar-refractivity contribution < 1.29 is 19.5 Å². The molecular formula is C27H44O2. The smallest absolute Gasteiger partial charge is 0.155 e. The van der Waals surface area contributed by atoms with Crippen molar-refractivity contribution in [3.63, 3.8) is 0 Å². The third-order valence-electron chi connectivity index (χ3n) is 9.83. The minimum absolute atomic E-state index is 0.00481. The number of carbonyl (C=O) groups excluding carboxylic acids is 1. The van der Waals surface area contributed by atoms with Crippen molar-refractivity contribution in [1.29, 1.82) is 0 Å². The number of rotatable bonds is 5. The summed E-state index contributed by atoms with van der Waals surface area (Å²) in [6.45, 7) is 1.19. The van der Waals surface area contributed by atoms with Crippen LogP contribution < -0.4 is 0 Å². The first kappa shape index (κ1) is 14.4. The maximum absolute atomic E-state index is 12.1. The predicted molar refractivity (Wildman–Crippen MR) is 119 cm³/mol. The van der Waals surface area contributed by atoms with Gasteiger partial charge in [0.15, 0.2) is 5.78 Å². The highest BCUT2D eigenvalue weighted by atomic mass is 16.3. The number of ketones is 1. The fourth-order valence-corrected chi connectivity index (χ4v) is 8.30. The second-order valence-electron chi connectivity index (χ2n) is 11.2. The highest BCUT2D eigenvalue weighted by molar-refractivity contribution is 5.91. The van der Waals surface area contributed by atoms with Crippen LogP contribution in [-0.4, -0.2) is 17.0 Å². The monoisotopic (exact) mass is 407 g/mol. The highest BCUT2D eigenvalue weighted by Gasteiger charge is 2.61. The molecule has 2 nitrogen and oxygen atoms in total. The molecular weight excluding hydrogens is 356 g/mol. The van der Waals surface area contributed by atoms with E-state index in [1.54, 1.807) is 0 Å². The van der Waals surface area contributed by atoms with Gasteiger partial charge in [0.1, 0.15) is 0 Å². The van der Waals surface area contributed by atoms with E-state index in [0.717, 1.165) is 37.7 Å². The van der Waals surface area contributed by atoms with E-state index in [9.17, 15) is 9.90 Å². The van der Waals surface area contributed by atoms with Gasteiger partial charge in [0, 0.05) is 16.0 Å². The molecule has 0 saturated heterocycles. The molecule has 0 bridgehead atoms. The zero-order valence-corrected chi connectivity index (χ0v) is 18.5. The van der Waals surface area contributed by atoms with Crippen LogP contribution in [0.4, 0.5) is 0 Å². The van der Waals surface area contributed by atoms with Crippen molar-refractivity contribution >= 4 is 5.78 Å². The second kappa shape index (κ2) is 7.81. The zero-order chi connectivity index (χ0) is 26.9. The summed E-state index contributed by atoms with van der Waals surface area (Å²) in [5.74, 6) is -0.443. The maximum Gasteiger partial charge on any atom is 0.155 e. The second-order valence-corrected chi connectivity index (χ2v) is 11.2. The van der Waals surface area contributed by atoms with Crippen molar-refractivity contribution in [1.82, 2.24) is 0 Å². The topological polar surface area (TPSA) is 37.3 Å². The Labute approximate surface area is 188 Å². The lowest BCUT2D eigenvalue weighted by molar-refractivity contribution is -0.124. The van der Waals surface area contributed by atoms with Crippen LogP contribution in [0.2, 0.25) is 0 Å². The molecule has 0 heterocycles. The number of carbonyl (C=O) groups is 1. The Hall–Kier alpha value is -0.630. The first-order chi connectivity index (χ1) is 16.5. The van der Waals surface area contributed by atoms with E-state index in [4.69, 9.17) is 9.60 Å². The van der Waals surface area contributed by atoms with Crippen molar-refractivity contribution in [2.75, 3.05) is 0 Å². The van der Waals surface area contributed by atoms with Crippen molar-refractivity contribution in [3.8, 4) is 0 Å². The van der Waals surface area contributed by atoms with Crippen LogP contribution in [0.1, 0.15) is 108 Å². The molecule has 4 aliphatic carbocycles. The molecule has 0 unspecified atom stereocenters. The quantitative estimate of drug-likeness (QED) is 0.560. The summed E-state index contributed by atoms with van der Waals surface area (Å²) in [5, 5.41) is 11.3. The Balaban J connectivity index is 1.47. The standard InChI is InChI=1S/C27H44O2/c1-17(2)7-6-8-18(3)21-9-10-22-25-23(12-14-27(21,22)5)26(4)13-11-20(28)15-19(26)16-24(25)29/h15,17-18,21-25,29H,6-14,16H2,1-5H3/t18-,21-,22+,23+,24+,25+,26+,27-/m1/s1/i1D3,2D3,17D. The van der Waals surface area contributed by atoms with Crippen molar-refractivity contribution in [3.05, 3.63) is 11.6 Å². The van der Waals surface area contributed by atoms with Crippen LogP contribution in [0.25, 0.3) is 0 Å². The fourth-order valence-electron chi connectivity index (χ4n) is 8.30. The lowest BCUT2D eigenvalue weighted by Gasteiger charge is -2.60. The summed E-state index contributed by atoms with van der Waals surface area (Å²) in [4.78, 5) is 12.1. The van der Waals surface area contributed by atoms with Gasteiger partial charge in [-0.15, -0.1) is 0 Å². The van der Waals surface area contributed by atoms with Gasteiger partial charge in [-0.25, -0.2) is 0 Å². The van der Waals surface area contributed by atoms with Crippen LogP contribution >= 0.6 is 0 Å². The van der Waals surface area contributed by atoms with Crippen LogP contribution in [0, 0.1) is 46.3 Å². The molecule has 2 heteroatoms. The van der Waals surface area contributed by atoms with Gasteiger partial charge in [-0.3, -0.25) is 4.79 Å². The molecule has 3 saturated carbocycles. The molecule has 8 atom stereocenters. The molecule has 3 fully saturated rings. The van der Waals surface area contributed by atoms with E-state index in [-0.39, 0.29) is 29.0 Å². The van der Waals surface area contributed by atoms with Gasteiger partial charge in [0.05, 0.1) is 6.10 Å². The number of aliphatic hydroxyl groups excluding tert-OH is 1. The molecule has 0 aromatic carbocycles. The molecule has 0 aliphatic heterocycles. The maximum atomic E-state index is 12.1. The van der Waals surface area contributed by atoms with Crippen molar-refractivity contribution in [2.24, 2.45) is 46.3 Å². The minimum atomic E-state index is -2.85. The molecule has 0 amide bonds. The number of hydrogen-bond donors (Lipinski definition) is 1. The van der Waals surface area contributed by atoms with Gasteiger partial charge in [0.2, 0.25) is 0 Å². The van der Waals surface area contributed by atoms with Crippen LogP contribution in [0.15, 0.2) is 11.6 Å². The number of fused-ring (bicyclic) bond motifs is 5. The molecule has 0 spiro atoms. The predicted octanol–water partition coefficient (Wildman–Crippen LogP) is 6.57. The molecule has 1 N–H and O–H groups in total. The normalized spacial score (nSPS) is 50.2. The average molecular weight is 408 g/mol. The molecule has 29 heavy (non-hydrogen) atoms. The minimum Gasteiger partial charge on any atom is -0.392 e. The molecule has 0 aromatic rings. The Morgan fingerprint density at radius 2 is 2.00 bits per heavy atom. The summed E-state index contributed by atoms with van der Waals surface area (Å²) < 4.78 is 54.4. The van der Waals surface area contributed by atoms with Gasteiger partial charge in [-0.05, 0) is 90.9 Å². The van der Waals surface area contributed by atoms with E-state index < -0.39 is 25.7 Å². The number of hydrogen-bond acceptors (Lipinski definition) is 2. The highest BCUT2D eigenvalue weighted by Crippen LogP contribution is 2.67. The lowest BCUT2D eigenvalue weighted by atomic mass is 9.45. The van der Waals surface area contributed by atoms with Crippen LogP contribution in [0.3, 0.4) is 0 Å². The first-order valence-corrected chi connectivity index (χ1v) is 11.9. The summed E-state index contributed by atoms with van der Waals surface area (Å²) in [6, 6.07) is 0. The molecule has 0 aromatic heterocycles. The molecule has 4 rings (SSSR count). The SMILES string of the molecule is [2H]C([2H])([2H])C([2H])(CCC[C@@H](C)[C@H]1CC[C@H]2[C@@H]3[C@@H](O)CC4=CC(=O)CC[C@]4(C)[C@H]3CC[C@]12C)C([2H])([2H])[2H]. The first-order valence-electron chi connectivity index (χ1n) is 15.4. The summed E-state index contributed by atoms with van der Waals surface area (Å²) >= 11 is 0. The lowest BCUT2D eigenvalue weighted by Crippen LogP contribution is -2.55. The van der Waals surface area contributed by atoms with Gasteiger partial charge in [0.25, 0.3) is 0 Å². The summed E-state index contributed by atoms with van der Waals surface area (Å²) in [6.07, 6.45) is 8.74. The van der Waals surface area contributed by atoms with Crippen LogP contribution in [-0.2, 0) is 4.79 Å². The van der Waals surface area contributed by atoms with Crippen molar-refractivity contribution in [2.45, 2.75) is 105 Å². The third-order valence-corrected chi connectivity index (χ3v) is 9.83. The van der Waals surface area contributed by atoms with E-state index in [1.165, 1.54) is 0 Å². The van der Waals surface area contributed by atoms with E-state index in [0.29, 0.717) is 49.4 Å². The molecule has 0 radical (unpaired) electrons. The van der Waals surface area contributed by atoms with Gasteiger partial charge in [-0.1, -0.05) is 59.3 Å². The Morgan fingerprint density at radius 1 is 1.21 bits per heavy atom. The number of aliphatic hydroxyl groups is 1. The van der Waals surface area contributed by atoms with Gasteiger partial charge < -0.3 is 5.11 Å². The van der Waals surface area contributed by atoms with E-state index in [2.05, 4.69) is 20.8 Å². The Kier molecular flexibility index (Phi) is 3.89. The zero-order valence-electron chi connectivity index (χ0n) is 25.5. The van der Waals surface area contributed by atoms with Gasteiger partial charge >= 0.3 is 0 Å². The largest absolute Gasteiger partial charge is 0.392 e.